The quantitative estimate of drug-likeness (QED) is 0.538. The molecule has 0 saturated heterocycles. The topological polar surface area (TPSA) is 106 Å². The van der Waals surface area contributed by atoms with Gasteiger partial charge in [-0.15, -0.1) is 0 Å². The number of aryl methyl sites for hydroxylation is 2. The van der Waals surface area contributed by atoms with E-state index in [-0.39, 0.29) is 17.3 Å². The second-order valence-electron chi connectivity index (χ2n) is 5.41. The van der Waals surface area contributed by atoms with Gasteiger partial charge in [0, 0.05) is 11.4 Å². The Hall–Kier alpha value is -3.55. The van der Waals surface area contributed by atoms with Gasteiger partial charge in [0.1, 0.15) is 12.1 Å². The summed E-state index contributed by atoms with van der Waals surface area (Å²) in [5.41, 5.74) is 2.24. The van der Waals surface area contributed by atoms with E-state index in [4.69, 9.17) is 0 Å². The molecule has 2 heterocycles. The largest absolute Gasteiger partial charge is 0.353 e. The molecule has 0 fully saturated rings. The Balaban J connectivity index is 2.00. The number of pyridine rings is 1. The number of anilines is 4. The van der Waals surface area contributed by atoms with E-state index in [9.17, 15) is 10.1 Å². The lowest BCUT2D eigenvalue weighted by atomic mass is 10.2. The fourth-order valence-corrected chi connectivity index (χ4v) is 2.31. The minimum Gasteiger partial charge on any atom is -0.334 e. The molecule has 2 N–H and O–H groups in total. The summed E-state index contributed by atoms with van der Waals surface area (Å²) in [6.07, 6.45) is 1.27. The van der Waals surface area contributed by atoms with Crippen molar-refractivity contribution in [1.29, 1.82) is 0 Å². The van der Waals surface area contributed by atoms with Crippen molar-refractivity contribution in [3.63, 3.8) is 0 Å². The first kappa shape index (κ1) is 16.3. The van der Waals surface area contributed by atoms with Crippen LogP contribution in [0, 0.1) is 24.0 Å². The third kappa shape index (κ3) is 3.69. The number of benzene rings is 1. The Bertz CT molecular complexity index is 929. The molecule has 0 aliphatic heterocycles. The zero-order valence-corrected chi connectivity index (χ0v) is 13.7. The average molecular weight is 336 g/mol. The first-order valence-corrected chi connectivity index (χ1v) is 7.57. The van der Waals surface area contributed by atoms with Crippen molar-refractivity contribution in [1.82, 2.24) is 15.0 Å². The normalized spacial score (nSPS) is 10.3. The third-order valence-corrected chi connectivity index (χ3v) is 3.54. The molecular weight excluding hydrogens is 320 g/mol. The molecule has 2 aromatic heterocycles. The molecule has 3 aromatic rings. The lowest BCUT2D eigenvalue weighted by Gasteiger charge is -2.11. The molecule has 0 aliphatic carbocycles. The molecule has 8 heteroatoms. The van der Waals surface area contributed by atoms with Crippen LogP contribution in [0.2, 0.25) is 0 Å². The average Bonchev–Trinajstić information content (AvgIpc) is 2.57. The monoisotopic (exact) mass is 336 g/mol. The maximum Gasteiger partial charge on any atom is 0.353 e. The van der Waals surface area contributed by atoms with E-state index in [0.717, 1.165) is 16.9 Å². The second kappa shape index (κ2) is 6.91. The van der Waals surface area contributed by atoms with E-state index in [1.165, 1.54) is 6.33 Å². The highest BCUT2D eigenvalue weighted by atomic mass is 16.6. The van der Waals surface area contributed by atoms with Crippen LogP contribution in [0.15, 0.2) is 48.8 Å². The van der Waals surface area contributed by atoms with Gasteiger partial charge in [-0.2, -0.15) is 0 Å². The molecule has 0 atom stereocenters. The van der Waals surface area contributed by atoms with Crippen molar-refractivity contribution < 1.29 is 4.92 Å². The first-order chi connectivity index (χ1) is 12.0. The van der Waals surface area contributed by atoms with Crippen molar-refractivity contribution in [3.8, 4) is 0 Å². The Kier molecular flexibility index (Phi) is 4.51. The van der Waals surface area contributed by atoms with Crippen LogP contribution in [0.4, 0.5) is 28.8 Å². The highest BCUT2D eigenvalue weighted by molar-refractivity contribution is 5.76. The highest BCUT2D eigenvalue weighted by Crippen LogP contribution is 2.33. The number of hydrogen-bond acceptors (Lipinski definition) is 7. The zero-order chi connectivity index (χ0) is 17.8. The van der Waals surface area contributed by atoms with Gasteiger partial charge in [-0.05, 0) is 37.6 Å². The zero-order valence-electron chi connectivity index (χ0n) is 13.7. The van der Waals surface area contributed by atoms with E-state index in [1.807, 2.05) is 50.2 Å². The number of nitro groups is 1. The predicted molar refractivity (Wildman–Crippen MR) is 95.4 cm³/mol. The number of rotatable bonds is 5. The van der Waals surface area contributed by atoms with Gasteiger partial charge in [-0.3, -0.25) is 10.1 Å². The maximum absolute atomic E-state index is 11.6. The maximum atomic E-state index is 11.6. The Morgan fingerprint density at radius 3 is 2.36 bits per heavy atom. The molecule has 0 aliphatic rings. The van der Waals surface area contributed by atoms with E-state index >= 15 is 0 Å². The SMILES string of the molecule is Cc1cccc(Nc2ncnc(Nc3ccccc3C)c2[N+](=O)[O-])n1. The van der Waals surface area contributed by atoms with Gasteiger partial charge in [0.05, 0.1) is 4.92 Å². The second-order valence-corrected chi connectivity index (χ2v) is 5.41. The molecule has 0 spiro atoms. The smallest absolute Gasteiger partial charge is 0.334 e. The molecule has 0 amide bonds. The standard InChI is InChI=1S/C17H16N6O2/c1-11-6-3-4-8-13(11)21-16-15(23(24)25)17(19-10-18-16)22-14-9-5-7-12(2)20-14/h3-10H,1-2H3,(H2,18,19,20,21,22). The van der Waals surface area contributed by atoms with Crippen LogP contribution in [0.25, 0.3) is 0 Å². The molecular formula is C17H16N6O2. The summed E-state index contributed by atoms with van der Waals surface area (Å²) in [5, 5.41) is 17.5. The molecule has 126 valence electrons. The molecule has 3 rings (SSSR count). The van der Waals surface area contributed by atoms with Crippen molar-refractivity contribution in [2.24, 2.45) is 0 Å². The number of nitrogens with one attached hydrogen (secondary N) is 2. The van der Waals surface area contributed by atoms with E-state index in [2.05, 4.69) is 25.6 Å². The van der Waals surface area contributed by atoms with Crippen LogP contribution in [0.3, 0.4) is 0 Å². The minimum atomic E-state index is -0.515. The van der Waals surface area contributed by atoms with Crippen LogP contribution in [0.5, 0.6) is 0 Å². The minimum absolute atomic E-state index is 0.0779. The summed E-state index contributed by atoms with van der Waals surface area (Å²) in [7, 11) is 0. The van der Waals surface area contributed by atoms with Crippen molar-refractivity contribution in [3.05, 3.63) is 70.2 Å². The first-order valence-electron chi connectivity index (χ1n) is 7.57. The molecule has 0 radical (unpaired) electrons. The summed E-state index contributed by atoms with van der Waals surface area (Å²) >= 11 is 0. The Morgan fingerprint density at radius 1 is 0.960 bits per heavy atom. The van der Waals surface area contributed by atoms with Crippen molar-refractivity contribution >= 4 is 28.8 Å². The third-order valence-electron chi connectivity index (χ3n) is 3.54. The lowest BCUT2D eigenvalue weighted by molar-refractivity contribution is -0.383. The number of hydrogen-bond donors (Lipinski definition) is 2. The number of aromatic nitrogens is 3. The van der Waals surface area contributed by atoms with Crippen LogP contribution in [-0.2, 0) is 0 Å². The molecule has 0 bridgehead atoms. The molecule has 1 aromatic carbocycles. The summed E-state index contributed by atoms with van der Waals surface area (Å²) < 4.78 is 0. The lowest BCUT2D eigenvalue weighted by Crippen LogP contribution is -2.06. The molecule has 8 nitrogen and oxygen atoms in total. The fourth-order valence-electron chi connectivity index (χ4n) is 2.31. The molecule has 0 unspecified atom stereocenters. The van der Waals surface area contributed by atoms with Crippen LogP contribution < -0.4 is 10.6 Å². The number of nitrogens with zero attached hydrogens (tertiary/aromatic N) is 4. The van der Waals surface area contributed by atoms with Crippen molar-refractivity contribution in [2.45, 2.75) is 13.8 Å². The number of para-hydroxylation sites is 1. The van der Waals surface area contributed by atoms with E-state index < -0.39 is 4.92 Å². The highest BCUT2D eigenvalue weighted by Gasteiger charge is 2.23. The van der Waals surface area contributed by atoms with Crippen LogP contribution in [0.1, 0.15) is 11.3 Å². The van der Waals surface area contributed by atoms with Crippen molar-refractivity contribution in [2.75, 3.05) is 10.6 Å². The van der Waals surface area contributed by atoms with Gasteiger partial charge >= 0.3 is 5.69 Å². The van der Waals surface area contributed by atoms with Crippen LogP contribution in [-0.4, -0.2) is 19.9 Å². The van der Waals surface area contributed by atoms with E-state index in [0.29, 0.717) is 5.82 Å². The summed E-state index contributed by atoms with van der Waals surface area (Å²) in [6, 6.07) is 12.8. The Labute approximate surface area is 144 Å². The Morgan fingerprint density at radius 2 is 1.68 bits per heavy atom. The van der Waals surface area contributed by atoms with Gasteiger partial charge in [0.15, 0.2) is 0 Å². The van der Waals surface area contributed by atoms with Gasteiger partial charge in [0.2, 0.25) is 11.6 Å². The fraction of sp³-hybridized carbons (Fsp3) is 0.118. The van der Waals surface area contributed by atoms with Gasteiger partial charge < -0.3 is 10.6 Å². The summed E-state index contributed by atoms with van der Waals surface area (Å²) in [5.74, 6) is 0.669. The summed E-state index contributed by atoms with van der Waals surface area (Å²) in [4.78, 5) is 23.4. The van der Waals surface area contributed by atoms with Gasteiger partial charge in [-0.25, -0.2) is 15.0 Å². The predicted octanol–water partition coefficient (Wildman–Crippen LogP) is 3.88. The van der Waals surface area contributed by atoms with E-state index in [1.54, 1.807) is 6.07 Å². The molecule has 25 heavy (non-hydrogen) atoms. The van der Waals surface area contributed by atoms with Gasteiger partial charge in [-0.1, -0.05) is 24.3 Å². The van der Waals surface area contributed by atoms with Gasteiger partial charge in [0.25, 0.3) is 0 Å². The summed E-state index contributed by atoms with van der Waals surface area (Å²) in [6.45, 7) is 3.75. The molecule has 0 saturated carbocycles. The van der Waals surface area contributed by atoms with Crippen LogP contribution >= 0.6 is 0 Å².